The number of aromatic nitrogens is 2. The molecule has 14 amide bonds. The van der Waals surface area contributed by atoms with Crippen LogP contribution in [0.4, 0.5) is 0 Å². The van der Waals surface area contributed by atoms with Gasteiger partial charge in [0.1, 0.15) is 85.4 Å². The first-order valence-electron chi connectivity index (χ1n) is 37.0. The lowest BCUT2D eigenvalue weighted by atomic mass is 10.0. The fourth-order valence-electron chi connectivity index (χ4n) is 12.3. The van der Waals surface area contributed by atoms with E-state index in [2.05, 4.69) is 90.3 Å². The van der Waals surface area contributed by atoms with Gasteiger partial charge in [0.2, 0.25) is 88.8 Å². The topological polar surface area (TPSA) is 682 Å². The molecule has 1 aromatic heterocycles. The second-order valence-electron chi connectivity index (χ2n) is 28.2. The fraction of sp³-hybridized carbons (Fsp3) is 0.459. The maximum atomic E-state index is 15.3. The van der Waals surface area contributed by atoms with Crippen LogP contribution in [0.2, 0.25) is 0 Å². The predicted octanol–water partition coefficient (Wildman–Crippen LogP) is -10.2. The zero-order chi connectivity index (χ0) is 87.6. The van der Waals surface area contributed by atoms with E-state index in [1.54, 1.807) is 85.8 Å². The van der Waals surface area contributed by atoms with E-state index in [0.29, 0.717) is 31.5 Å². The number of primary amides is 2. The molecule has 0 radical (unpaired) electrons. The number of nitrogens with one attached hydrogen (secondary N) is 12. The zero-order valence-corrected chi connectivity index (χ0v) is 66.9. The van der Waals surface area contributed by atoms with E-state index >= 15 is 9.59 Å². The van der Waals surface area contributed by atoms with E-state index in [1.807, 2.05) is 5.32 Å². The molecule has 4 aromatic rings. The summed E-state index contributed by atoms with van der Waals surface area (Å²) in [6.07, 6.45) is -17.2. The van der Waals surface area contributed by atoms with Gasteiger partial charge in [-0.3, -0.25) is 67.1 Å². The molecule has 4 bridgehead atoms. The Morgan fingerprint density at radius 3 is 1.77 bits per heavy atom. The van der Waals surface area contributed by atoms with Gasteiger partial charge in [-0.2, -0.15) is 0 Å². The molecule has 26 N–H and O–H groups in total. The van der Waals surface area contributed by atoms with Gasteiger partial charge >= 0.3 is 5.97 Å². The first-order chi connectivity index (χ1) is 56.3. The molecular formula is C74H95Br2N16O27+. The molecule has 19 atom stereocenters. The van der Waals surface area contributed by atoms with Gasteiger partial charge in [0.15, 0.2) is 18.1 Å². The number of imidazole rings is 1. The van der Waals surface area contributed by atoms with Crippen LogP contribution in [0.1, 0.15) is 68.3 Å². The largest absolute Gasteiger partial charge is 0.480 e. The van der Waals surface area contributed by atoms with E-state index in [-0.39, 0.29) is 0 Å². The summed E-state index contributed by atoms with van der Waals surface area (Å²) in [4.78, 5) is 219. The summed E-state index contributed by atoms with van der Waals surface area (Å²) in [7, 11) is 0. The number of carboxylic acid groups (broad SMARTS) is 1. The van der Waals surface area contributed by atoms with Crippen molar-refractivity contribution >= 4 is 127 Å². The second kappa shape index (κ2) is 45.1. The summed E-state index contributed by atoms with van der Waals surface area (Å²) in [5.74, 6) is -21.2. The minimum atomic E-state index is -2.72. The van der Waals surface area contributed by atoms with Crippen molar-refractivity contribution in [3.8, 4) is 0 Å². The quantitative estimate of drug-likeness (QED) is 0.0325. The molecule has 1 fully saturated rings. The van der Waals surface area contributed by atoms with Gasteiger partial charge in [-0.15, -0.1) is 0 Å². The summed E-state index contributed by atoms with van der Waals surface area (Å²) in [5, 5.41) is 138. The Bertz CT molecular complexity index is 4370. The van der Waals surface area contributed by atoms with Crippen molar-refractivity contribution in [2.45, 2.75) is 187 Å². The Balaban J connectivity index is 1.42. The van der Waals surface area contributed by atoms with Gasteiger partial charge in [-0.25, -0.2) is 9.36 Å². The number of hydrogen-bond acceptors (Lipinski definition) is 26. The summed E-state index contributed by atoms with van der Waals surface area (Å²) >= 11 is 6.65. The van der Waals surface area contributed by atoms with E-state index in [1.165, 1.54) is 18.2 Å². The van der Waals surface area contributed by atoms with Crippen LogP contribution in [0.15, 0.2) is 118 Å². The number of aliphatic hydroxyl groups excluding tert-OH is 9. The number of benzene rings is 3. The summed E-state index contributed by atoms with van der Waals surface area (Å²) in [6.45, 7) is -2.53. The zero-order valence-electron chi connectivity index (χ0n) is 63.8. The number of halogens is 2. The van der Waals surface area contributed by atoms with Crippen LogP contribution < -0.4 is 84.8 Å². The van der Waals surface area contributed by atoms with Crippen LogP contribution >= 0.6 is 31.9 Å². The number of allylic oxidation sites excluding steroid dienone is 2. The molecule has 0 spiro atoms. The van der Waals surface area contributed by atoms with Crippen molar-refractivity contribution in [3.05, 3.63) is 140 Å². The molecule has 3 aromatic carbocycles. The van der Waals surface area contributed by atoms with Crippen LogP contribution in [0.5, 0.6) is 0 Å². The molecule has 0 saturated carbocycles. The maximum Gasteiger partial charge on any atom is 0.326 e. The molecule has 3 aliphatic rings. The van der Waals surface area contributed by atoms with Crippen molar-refractivity contribution in [2.75, 3.05) is 26.4 Å². The fourth-order valence-corrected chi connectivity index (χ4v) is 12.8. The van der Waals surface area contributed by atoms with Crippen molar-refractivity contribution in [2.24, 2.45) is 11.5 Å². The number of aliphatic hydroxyl groups is 9. The molecule has 646 valence electrons. The van der Waals surface area contributed by atoms with Gasteiger partial charge in [-0.05, 0) is 59.5 Å². The Morgan fingerprint density at radius 2 is 1.15 bits per heavy atom. The highest BCUT2D eigenvalue weighted by molar-refractivity contribution is 9.10. The van der Waals surface area contributed by atoms with E-state index in [9.17, 15) is 113 Å². The van der Waals surface area contributed by atoms with Crippen LogP contribution in [-0.2, 0) is 102 Å². The maximum absolute atomic E-state index is 15.3. The minimum Gasteiger partial charge on any atom is -0.480 e. The molecule has 3 aliphatic heterocycles. The van der Waals surface area contributed by atoms with Crippen LogP contribution in [0.3, 0.4) is 0 Å². The number of rotatable bonds is 18. The third kappa shape index (κ3) is 29.1. The molecule has 0 aliphatic carbocycles. The van der Waals surface area contributed by atoms with Crippen LogP contribution in [0.25, 0.3) is 6.08 Å². The van der Waals surface area contributed by atoms with E-state index in [0.717, 1.165) is 28.5 Å². The van der Waals surface area contributed by atoms with Gasteiger partial charge in [0.25, 0.3) is 6.33 Å². The van der Waals surface area contributed by atoms with Crippen molar-refractivity contribution < 1.29 is 137 Å². The first-order valence-corrected chi connectivity index (χ1v) is 38.6. The number of aliphatic carboxylic acids is 1. The molecule has 43 nitrogen and oxygen atoms in total. The highest BCUT2D eigenvalue weighted by Crippen LogP contribution is 2.19. The monoisotopic (exact) mass is 1800 g/mol. The van der Waals surface area contributed by atoms with Crippen molar-refractivity contribution in [1.82, 2.24) is 68.4 Å². The summed E-state index contributed by atoms with van der Waals surface area (Å²) in [6, 6.07) is -2.23. The molecule has 7 rings (SSSR count). The predicted molar refractivity (Wildman–Crippen MR) is 415 cm³/mol. The number of nitrogens with zero attached hydrogens (tertiary/aromatic N) is 2. The van der Waals surface area contributed by atoms with Gasteiger partial charge < -0.3 is 136 Å². The Morgan fingerprint density at radius 1 is 0.605 bits per heavy atom. The summed E-state index contributed by atoms with van der Waals surface area (Å²) < 4.78 is 8.13. The van der Waals surface area contributed by atoms with Crippen molar-refractivity contribution in [3.63, 3.8) is 0 Å². The van der Waals surface area contributed by atoms with Crippen molar-refractivity contribution in [1.29, 1.82) is 0 Å². The number of carbonyl (C=O) groups is 15. The SMILES string of the molecule is CC(/C=C/c1ccc(Br)cc1)=C\[C@H](O)[C@@H]1CC(=O)N[C@@H](CO)C(=O)N[C@@H]2Cn3cc([n+](O[C@@H]4CO[C@@H](O)[C@@H](O)[C@@H]4O)c3)C[C@H](NC(=O)C[C@H](O)C[C@@H](C(=O)O)NC(=O)CCNC(=O)[C@H](Cc3ccc(Br)cc3)NC(=O)[C@H]([C@@H](O)C(N)=O)NC(=O)[C@H](CC(N)=O)NC2=O)C(=O)N[C@@H]([C@H](C)O)C(=O)N[C@@H](CO)C(=O)N[C@@H](Cc2ccccc2)C(=O)N1. The third-order valence-corrected chi connectivity index (χ3v) is 19.7. The minimum absolute atomic E-state index is 0.326. The molecule has 45 heteroatoms. The Labute approximate surface area is 694 Å². The standard InChI is InChI=1S/C74H94Br2N16O27/c1-34(8-9-36-10-14-39(75)15-11-36)20-52(97)43-27-57(101)82-50(30-93)69(111)87-49-29-91-28-41(92(33-91)119-53-32-118-74(117)62(104)60(53)102)23-46(66(108)89-58(35(2)95)71(113)88-51(31-94)70(112)84-45(65(107)83-43)21-37-6-4-3-5-7-37)80-56(100)25-42(96)24-48(73(115)116)81-55(99)18-19-79-64(106)44(22-38-12-16-40(76)17-13-38)86-72(114)59(61(103)63(78)105)90-67(109)47(26-54(77)98)85-68(49)110/h3-17,20,28,33,35,42-53,58-62,74,93-97,102-104,117H,18-19,21-27,29-32H2,1-2H3,(H16-,77,78,79,80,81,82,83,84,85,86,87,88,89,90,98,99,100,101,105,106,107,108,109,110,111,112,113,114,115,116)/p+1/b9-8+,34-20+/t35-,42+,43-,44-,45-,46-,47-,48-,49+,50-,51-,52-,53+,58-,59-,60+,61+,62-,74+/m0/s1. The lowest BCUT2D eigenvalue weighted by Crippen LogP contribution is -2.64. The lowest BCUT2D eigenvalue weighted by Gasteiger charge is -2.33. The average Bonchev–Trinajstić information content (AvgIpc) is 1.72. The van der Waals surface area contributed by atoms with Crippen LogP contribution in [-0.4, -0.2) is 286 Å². The Hall–Kier alpha value is -11.2. The number of fused-ring (bicyclic) bond motifs is 2. The van der Waals surface area contributed by atoms with Gasteiger partial charge in [-0.1, -0.05) is 110 Å². The van der Waals surface area contributed by atoms with E-state index in [4.69, 9.17) is 21.0 Å². The number of nitrogens with two attached hydrogens (primary N) is 2. The smallest absolute Gasteiger partial charge is 0.326 e. The average molecular weight is 1800 g/mol. The lowest BCUT2D eigenvalue weighted by molar-refractivity contribution is -0.905. The molecular weight excluding hydrogens is 1700 g/mol. The number of carboxylic acids is 1. The van der Waals surface area contributed by atoms with Gasteiger partial charge in [0, 0.05) is 54.0 Å². The van der Waals surface area contributed by atoms with Gasteiger partial charge in [0.05, 0.1) is 57.0 Å². The number of ether oxygens (including phenoxy) is 1. The highest BCUT2D eigenvalue weighted by atomic mass is 79.9. The number of carbonyl (C=O) groups excluding carboxylic acids is 14. The molecule has 0 unspecified atom stereocenters. The second-order valence-corrected chi connectivity index (χ2v) is 30.0. The Kier molecular flexibility index (Phi) is 36.0. The first kappa shape index (κ1) is 94.9. The van der Waals surface area contributed by atoms with Crippen LogP contribution in [0, 0.1) is 0 Å². The van der Waals surface area contributed by atoms with E-state index < -0.39 is 294 Å². The molecule has 119 heavy (non-hydrogen) atoms. The number of hydrogen-bond donors (Lipinski definition) is 24. The third-order valence-electron chi connectivity index (χ3n) is 18.7. The highest BCUT2D eigenvalue weighted by Gasteiger charge is 2.44. The number of amides is 14. The molecule has 4 heterocycles. The normalized spacial score (nSPS) is 27.5. The summed E-state index contributed by atoms with van der Waals surface area (Å²) in [5.41, 5.74) is 12.4. The molecule has 1 saturated heterocycles.